The van der Waals surface area contributed by atoms with Crippen LogP contribution in [0.15, 0.2) is 18.2 Å². The van der Waals surface area contributed by atoms with Crippen molar-refractivity contribution in [2.45, 2.75) is 71.6 Å². The number of nitrogens with one attached hydrogen (secondary N) is 1. The van der Waals surface area contributed by atoms with Crippen LogP contribution < -0.4 is 10.2 Å². The molecule has 1 aromatic carbocycles. The topological polar surface area (TPSA) is 52.7 Å². The maximum absolute atomic E-state index is 13.3. The molecule has 1 N–H and O–H groups in total. The van der Waals surface area contributed by atoms with Crippen molar-refractivity contribution in [3.8, 4) is 0 Å². The fourth-order valence-corrected chi connectivity index (χ4v) is 4.50. The van der Waals surface area contributed by atoms with Crippen LogP contribution in [0.25, 0.3) is 0 Å². The van der Waals surface area contributed by atoms with E-state index in [0.29, 0.717) is 0 Å². The highest BCUT2D eigenvalue weighted by molar-refractivity contribution is 6.02. The van der Waals surface area contributed by atoms with Crippen molar-refractivity contribution in [1.29, 1.82) is 0 Å². The van der Waals surface area contributed by atoms with E-state index in [1.165, 1.54) is 19.3 Å². The summed E-state index contributed by atoms with van der Waals surface area (Å²) < 4.78 is 0. The zero-order valence-corrected chi connectivity index (χ0v) is 18.2. The second-order valence-electron chi connectivity index (χ2n) is 8.52. The lowest BCUT2D eigenvalue weighted by molar-refractivity contribution is -0.120. The van der Waals surface area contributed by atoms with Crippen LogP contribution in [-0.2, 0) is 4.79 Å². The number of likely N-dealkylation sites (tertiary alicyclic amines) is 1. The lowest BCUT2D eigenvalue weighted by atomic mass is 9.98. The third-order valence-electron chi connectivity index (χ3n) is 6.35. The molecular weight excluding hydrogens is 362 g/mol. The standard InChI is InChI=1S/C24H37N3O2/c1-3-5-11-19(4-2)23(28)25-20-12-13-22(26-14-9-10-15-26)21(18-20)24(29)27-16-7-6-8-17-27/h12-13,18-19H,3-11,14-17H2,1-2H3,(H,25,28). The first-order valence-electron chi connectivity index (χ1n) is 11.6. The predicted molar refractivity (Wildman–Crippen MR) is 120 cm³/mol. The molecule has 2 heterocycles. The molecule has 2 aliphatic rings. The number of carbonyl (C=O) groups excluding carboxylic acids is 2. The van der Waals surface area contributed by atoms with E-state index in [1.807, 2.05) is 23.1 Å². The molecule has 1 unspecified atom stereocenters. The van der Waals surface area contributed by atoms with Crippen LogP contribution in [0.2, 0.25) is 0 Å². The van der Waals surface area contributed by atoms with Gasteiger partial charge in [-0.05, 0) is 63.1 Å². The van der Waals surface area contributed by atoms with Crippen LogP contribution in [0.1, 0.15) is 82.0 Å². The smallest absolute Gasteiger partial charge is 0.256 e. The highest BCUT2D eigenvalue weighted by Crippen LogP contribution is 2.30. The molecule has 29 heavy (non-hydrogen) atoms. The number of amides is 2. The lowest BCUT2D eigenvalue weighted by Gasteiger charge is -2.29. The third kappa shape index (κ3) is 5.52. The van der Waals surface area contributed by atoms with Gasteiger partial charge in [-0.25, -0.2) is 0 Å². The van der Waals surface area contributed by atoms with Gasteiger partial charge in [-0.3, -0.25) is 9.59 Å². The molecule has 2 fully saturated rings. The number of carbonyl (C=O) groups is 2. The van der Waals surface area contributed by atoms with Crippen LogP contribution >= 0.6 is 0 Å². The van der Waals surface area contributed by atoms with Gasteiger partial charge in [0.15, 0.2) is 0 Å². The molecule has 0 bridgehead atoms. The summed E-state index contributed by atoms with van der Waals surface area (Å²) in [5.41, 5.74) is 2.51. The van der Waals surface area contributed by atoms with E-state index in [1.54, 1.807) is 0 Å². The number of anilines is 2. The van der Waals surface area contributed by atoms with Gasteiger partial charge in [-0.15, -0.1) is 0 Å². The number of unbranched alkanes of at least 4 members (excludes halogenated alkanes) is 1. The maximum Gasteiger partial charge on any atom is 0.256 e. The Morgan fingerprint density at radius 1 is 1.00 bits per heavy atom. The fourth-order valence-electron chi connectivity index (χ4n) is 4.50. The molecule has 0 saturated carbocycles. The molecular formula is C24H37N3O2. The quantitative estimate of drug-likeness (QED) is 0.664. The third-order valence-corrected chi connectivity index (χ3v) is 6.35. The normalized spacial score (nSPS) is 18.0. The second-order valence-corrected chi connectivity index (χ2v) is 8.52. The Balaban J connectivity index is 1.81. The minimum atomic E-state index is 0.0365. The van der Waals surface area contributed by atoms with E-state index >= 15 is 0 Å². The molecule has 0 aliphatic carbocycles. The van der Waals surface area contributed by atoms with Crippen LogP contribution in [0.5, 0.6) is 0 Å². The summed E-state index contributed by atoms with van der Waals surface area (Å²) in [6.45, 7) is 7.90. The van der Waals surface area contributed by atoms with Gasteiger partial charge >= 0.3 is 0 Å². The van der Waals surface area contributed by atoms with Crippen molar-refractivity contribution >= 4 is 23.2 Å². The van der Waals surface area contributed by atoms with Crippen LogP contribution in [-0.4, -0.2) is 42.9 Å². The van der Waals surface area contributed by atoms with Crippen molar-refractivity contribution in [2.75, 3.05) is 36.4 Å². The van der Waals surface area contributed by atoms with Crippen molar-refractivity contribution in [2.24, 2.45) is 5.92 Å². The van der Waals surface area contributed by atoms with Gasteiger partial charge in [0.05, 0.1) is 5.56 Å². The van der Waals surface area contributed by atoms with Gasteiger partial charge in [-0.2, -0.15) is 0 Å². The summed E-state index contributed by atoms with van der Waals surface area (Å²) in [6.07, 6.45) is 9.64. The van der Waals surface area contributed by atoms with Crippen molar-refractivity contribution in [3.63, 3.8) is 0 Å². The Morgan fingerprint density at radius 3 is 2.34 bits per heavy atom. The molecule has 3 rings (SSSR count). The first-order chi connectivity index (χ1) is 14.1. The van der Waals surface area contributed by atoms with E-state index < -0.39 is 0 Å². The van der Waals surface area contributed by atoms with Gasteiger partial charge in [0.1, 0.15) is 0 Å². The molecule has 2 amide bonds. The van der Waals surface area contributed by atoms with Crippen LogP contribution in [0.3, 0.4) is 0 Å². The number of rotatable bonds is 8. The average Bonchev–Trinajstić information content (AvgIpc) is 3.29. The molecule has 0 radical (unpaired) electrons. The number of piperidine rings is 1. The summed E-state index contributed by atoms with van der Waals surface area (Å²) >= 11 is 0. The molecule has 1 atom stereocenters. The SMILES string of the molecule is CCCCC(CC)C(=O)Nc1ccc(N2CCCC2)c(C(=O)N2CCCCC2)c1. The second kappa shape index (κ2) is 10.7. The zero-order chi connectivity index (χ0) is 20.6. The van der Waals surface area contributed by atoms with E-state index in [2.05, 4.69) is 24.1 Å². The summed E-state index contributed by atoms with van der Waals surface area (Å²) in [5, 5.41) is 3.09. The van der Waals surface area contributed by atoms with Gasteiger partial charge in [0.2, 0.25) is 5.91 Å². The minimum absolute atomic E-state index is 0.0365. The first-order valence-corrected chi connectivity index (χ1v) is 11.6. The Hall–Kier alpha value is -2.04. The molecule has 5 nitrogen and oxygen atoms in total. The number of hydrogen-bond donors (Lipinski definition) is 1. The minimum Gasteiger partial charge on any atom is -0.371 e. The summed E-state index contributed by atoms with van der Waals surface area (Å²) in [7, 11) is 0. The molecule has 2 aliphatic heterocycles. The van der Waals surface area contributed by atoms with Crippen molar-refractivity contribution < 1.29 is 9.59 Å². The monoisotopic (exact) mass is 399 g/mol. The first kappa shape index (κ1) is 21.7. The molecule has 2 saturated heterocycles. The van der Waals surface area contributed by atoms with E-state index in [9.17, 15) is 9.59 Å². The molecule has 0 spiro atoms. The Kier molecular flexibility index (Phi) is 7.96. The zero-order valence-electron chi connectivity index (χ0n) is 18.2. The van der Waals surface area contributed by atoms with E-state index in [0.717, 1.165) is 81.6 Å². The number of hydrogen-bond acceptors (Lipinski definition) is 3. The largest absolute Gasteiger partial charge is 0.371 e. The summed E-state index contributed by atoms with van der Waals surface area (Å²) in [4.78, 5) is 30.4. The highest BCUT2D eigenvalue weighted by atomic mass is 16.2. The lowest BCUT2D eigenvalue weighted by Crippen LogP contribution is -2.36. The maximum atomic E-state index is 13.3. The van der Waals surface area contributed by atoms with Crippen molar-refractivity contribution in [3.05, 3.63) is 23.8 Å². The molecule has 160 valence electrons. The Labute approximate surface area is 175 Å². The molecule has 5 heteroatoms. The number of nitrogens with zero attached hydrogens (tertiary/aromatic N) is 2. The van der Waals surface area contributed by atoms with Crippen LogP contribution in [0, 0.1) is 5.92 Å². The highest BCUT2D eigenvalue weighted by Gasteiger charge is 2.25. The van der Waals surface area contributed by atoms with Gasteiger partial charge < -0.3 is 15.1 Å². The molecule has 1 aromatic rings. The number of benzene rings is 1. The Morgan fingerprint density at radius 2 is 1.69 bits per heavy atom. The van der Waals surface area contributed by atoms with E-state index in [4.69, 9.17) is 0 Å². The van der Waals surface area contributed by atoms with E-state index in [-0.39, 0.29) is 17.7 Å². The van der Waals surface area contributed by atoms with Crippen LogP contribution in [0.4, 0.5) is 11.4 Å². The van der Waals surface area contributed by atoms with Gasteiger partial charge in [0.25, 0.3) is 5.91 Å². The fraction of sp³-hybridized carbons (Fsp3) is 0.667. The van der Waals surface area contributed by atoms with Crippen molar-refractivity contribution in [1.82, 2.24) is 4.90 Å². The summed E-state index contributed by atoms with van der Waals surface area (Å²) in [6, 6.07) is 5.91. The molecule has 0 aromatic heterocycles. The van der Waals surface area contributed by atoms with Gasteiger partial charge in [-0.1, -0.05) is 26.7 Å². The predicted octanol–water partition coefficient (Wildman–Crippen LogP) is 5.07. The van der Waals surface area contributed by atoms with Gasteiger partial charge in [0, 0.05) is 43.5 Å². The Bertz CT molecular complexity index is 691. The summed E-state index contributed by atoms with van der Waals surface area (Å²) in [5.74, 6) is 0.224. The average molecular weight is 400 g/mol.